The summed E-state index contributed by atoms with van der Waals surface area (Å²) in [6.07, 6.45) is 1.47. The van der Waals surface area contributed by atoms with Crippen LogP contribution >= 0.6 is 0 Å². The Balaban J connectivity index is 1.87. The first-order chi connectivity index (χ1) is 10.1. The predicted molar refractivity (Wildman–Crippen MR) is 82.6 cm³/mol. The van der Waals surface area contributed by atoms with Gasteiger partial charge < -0.3 is 14.8 Å². The van der Waals surface area contributed by atoms with E-state index >= 15 is 0 Å². The fourth-order valence-corrected chi connectivity index (χ4v) is 3.23. The van der Waals surface area contributed by atoms with Crippen LogP contribution in [-0.4, -0.2) is 40.5 Å². The molecule has 0 bridgehead atoms. The van der Waals surface area contributed by atoms with E-state index in [4.69, 9.17) is 9.47 Å². The molecular formula is C14H22N2O4S. The van der Waals surface area contributed by atoms with Crippen LogP contribution in [0.1, 0.15) is 19.8 Å². The molecule has 0 saturated heterocycles. The van der Waals surface area contributed by atoms with E-state index in [0.29, 0.717) is 36.8 Å². The molecule has 0 fully saturated rings. The van der Waals surface area contributed by atoms with Gasteiger partial charge in [-0.1, -0.05) is 6.92 Å². The molecule has 0 radical (unpaired) electrons. The van der Waals surface area contributed by atoms with E-state index in [1.165, 1.54) is 0 Å². The molecule has 0 unspecified atom stereocenters. The predicted octanol–water partition coefficient (Wildman–Crippen LogP) is 1.59. The Morgan fingerprint density at radius 3 is 2.67 bits per heavy atom. The van der Waals surface area contributed by atoms with Crippen LogP contribution in [0, 0.1) is 0 Å². The molecule has 0 atom stereocenters. The van der Waals surface area contributed by atoms with Gasteiger partial charge in [0.15, 0.2) is 11.5 Å². The highest BCUT2D eigenvalue weighted by molar-refractivity contribution is 7.92. The van der Waals surface area contributed by atoms with Crippen molar-refractivity contribution in [3.05, 3.63) is 18.2 Å². The average Bonchev–Trinajstić information content (AvgIpc) is 2.46. The lowest BCUT2D eigenvalue weighted by Gasteiger charge is -2.19. The van der Waals surface area contributed by atoms with Crippen LogP contribution in [0.25, 0.3) is 0 Å². The van der Waals surface area contributed by atoms with Crippen LogP contribution in [0.4, 0.5) is 5.69 Å². The molecule has 1 aromatic rings. The second-order valence-electron chi connectivity index (χ2n) is 4.84. The van der Waals surface area contributed by atoms with Crippen molar-refractivity contribution in [2.45, 2.75) is 19.8 Å². The Kier molecular flexibility index (Phi) is 5.69. The van der Waals surface area contributed by atoms with Gasteiger partial charge in [0.25, 0.3) is 0 Å². The number of anilines is 1. The van der Waals surface area contributed by atoms with Gasteiger partial charge in [0.1, 0.15) is 13.2 Å². The summed E-state index contributed by atoms with van der Waals surface area (Å²) in [5, 5.41) is 3.17. The molecule has 0 spiro atoms. The zero-order valence-electron chi connectivity index (χ0n) is 12.2. The van der Waals surface area contributed by atoms with Crippen molar-refractivity contribution in [2.75, 3.05) is 36.8 Å². The minimum absolute atomic E-state index is 0.118. The molecule has 0 amide bonds. The lowest BCUT2D eigenvalue weighted by Crippen LogP contribution is -2.20. The summed E-state index contributed by atoms with van der Waals surface area (Å²) in [6.45, 7) is 4.77. The number of hydrogen-bond donors (Lipinski definition) is 2. The van der Waals surface area contributed by atoms with Crippen LogP contribution < -0.4 is 19.5 Å². The molecule has 1 heterocycles. The summed E-state index contributed by atoms with van der Waals surface area (Å²) < 4.78 is 37.4. The molecule has 6 nitrogen and oxygen atoms in total. The maximum atomic E-state index is 12.0. The maximum Gasteiger partial charge on any atom is 0.232 e. The Labute approximate surface area is 125 Å². The highest BCUT2D eigenvalue weighted by Gasteiger charge is 2.15. The first-order valence-corrected chi connectivity index (χ1v) is 8.87. The van der Waals surface area contributed by atoms with Crippen molar-refractivity contribution in [1.82, 2.24) is 5.32 Å². The third-order valence-corrected chi connectivity index (χ3v) is 4.45. The topological polar surface area (TPSA) is 76.7 Å². The first kappa shape index (κ1) is 15.9. The lowest BCUT2D eigenvalue weighted by atomic mass is 10.3. The van der Waals surface area contributed by atoms with E-state index < -0.39 is 10.0 Å². The van der Waals surface area contributed by atoms with Crippen LogP contribution in [0.5, 0.6) is 11.5 Å². The zero-order valence-corrected chi connectivity index (χ0v) is 13.0. The third-order valence-electron chi connectivity index (χ3n) is 3.08. The van der Waals surface area contributed by atoms with Gasteiger partial charge in [0.2, 0.25) is 10.0 Å². The number of ether oxygens (including phenoxy) is 2. The van der Waals surface area contributed by atoms with E-state index in [2.05, 4.69) is 10.0 Å². The summed E-state index contributed by atoms with van der Waals surface area (Å²) in [5.41, 5.74) is 0.505. The molecule has 118 valence electrons. The molecule has 21 heavy (non-hydrogen) atoms. The molecule has 2 rings (SSSR count). The second kappa shape index (κ2) is 7.51. The van der Waals surface area contributed by atoms with E-state index in [1.54, 1.807) is 18.2 Å². The highest BCUT2D eigenvalue weighted by Crippen LogP contribution is 2.32. The monoisotopic (exact) mass is 314 g/mol. The van der Waals surface area contributed by atoms with E-state index in [9.17, 15) is 8.42 Å². The fourth-order valence-electron chi connectivity index (χ4n) is 2.06. The van der Waals surface area contributed by atoms with Crippen LogP contribution in [0.15, 0.2) is 18.2 Å². The van der Waals surface area contributed by atoms with Gasteiger partial charge in [-0.25, -0.2) is 8.42 Å². The second-order valence-corrected chi connectivity index (χ2v) is 6.68. The van der Waals surface area contributed by atoms with Crippen molar-refractivity contribution in [3.8, 4) is 11.5 Å². The lowest BCUT2D eigenvalue weighted by molar-refractivity contribution is 0.171. The van der Waals surface area contributed by atoms with E-state index in [0.717, 1.165) is 19.5 Å². The van der Waals surface area contributed by atoms with Crippen molar-refractivity contribution < 1.29 is 17.9 Å². The normalized spacial score (nSPS) is 14.0. The molecule has 7 heteroatoms. The van der Waals surface area contributed by atoms with Gasteiger partial charge in [-0.2, -0.15) is 0 Å². The van der Waals surface area contributed by atoms with Gasteiger partial charge in [0, 0.05) is 6.07 Å². The molecule has 2 N–H and O–H groups in total. The van der Waals surface area contributed by atoms with Crippen molar-refractivity contribution in [3.63, 3.8) is 0 Å². The number of nitrogens with one attached hydrogen (secondary N) is 2. The molecule has 0 aliphatic carbocycles. The standard InChI is InChI=1S/C14H22N2O4S/c1-2-15-7-3-4-10-21(17,18)16-12-5-6-13-14(11-12)20-9-8-19-13/h5-6,11,15-16H,2-4,7-10H2,1H3. The van der Waals surface area contributed by atoms with Gasteiger partial charge in [-0.05, 0) is 38.1 Å². The summed E-state index contributed by atoms with van der Waals surface area (Å²) >= 11 is 0. The minimum Gasteiger partial charge on any atom is -0.486 e. The van der Waals surface area contributed by atoms with Crippen LogP contribution in [-0.2, 0) is 10.0 Å². The molecule has 1 aromatic carbocycles. The number of sulfonamides is 1. The average molecular weight is 314 g/mol. The molecule has 1 aliphatic rings. The third kappa shape index (κ3) is 5.09. The Morgan fingerprint density at radius 2 is 1.90 bits per heavy atom. The molecular weight excluding hydrogens is 292 g/mol. The summed E-state index contributed by atoms with van der Waals surface area (Å²) in [7, 11) is -3.32. The van der Waals surface area contributed by atoms with Crippen LogP contribution in [0.2, 0.25) is 0 Å². The van der Waals surface area contributed by atoms with Crippen molar-refractivity contribution in [1.29, 1.82) is 0 Å². The van der Waals surface area contributed by atoms with Crippen molar-refractivity contribution in [2.24, 2.45) is 0 Å². The van der Waals surface area contributed by atoms with Crippen molar-refractivity contribution >= 4 is 15.7 Å². The summed E-state index contributed by atoms with van der Waals surface area (Å²) in [4.78, 5) is 0. The smallest absolute Gasteiger partial charge is 0.232 e. The quantitative estimate of drug-likeness (QED) is 0.713. The van der Waals surface area contributed by atoms with E-state index in [-0.39, 0.29) is 5.75 Å². The molecule has 0 aromatic heterocycles. The Morgan fingerprint density at radius 1 is 1.14 bits per heavy atom. The molecule has 1 aliphatic heterocycles. The maximum absolute atomic E-state index is 12.0. The number of fused-ring (bicyclic) bond motifs is 1. The highest BCUT2D eigenvalue weighted by atomic mass is 32.2. The Hall–Kier alpha value is -1.47. The minimum atomic E-state index is -3.32. The summed E-state index contributed by atoms with van der Waals surface area (Å²) in [6, 6.07) is 5.06. The fraction of sp³-hybridized carbons (Fsp3) is 0.571. The molecule has 0 saturated carbocycles. The number of hydrogen-bond acceptors (Lipinski definition) is 5. The van der Waals surface area contributed by atoms with Gasteiger partial charge in [0.05, 0.1) is 11.4 Å². The number of rotatable bonds is 8. The SMILES string of the molecule is CCNCCCCS(=O)(=O)Nc1ccc2c(c1)OCCO2. The number of benzene rings is 1. The summed E-state index contributed by atoms with van der Waals surface area (Å²) in [5.74, 6) is 1.34. The largest absolute Gasteiger partial charge is 0.486 e. The first-order valence-electron chi connectivity index (χ1n) is 7.21. The van der Waals surface area contributed by atoms with E-state index in [1.807, 2.05) is 6.92 Å². The Bertz CT molecular complexity index is 560. The van der Waals surface area contributed by atoms with Gasteiger partial charge in [-0.3, -0.25) is 4.72 Å². The van der Waals surface area contributed by atoms with Gasteiger partial charge >= 0.3 is 0 Å². The zero-order chi connectivity index (χ0) is 15.1. The number of unbranched alkanes of at least 4 members (excludes halogenated alkanes) is 1. The van der Waals surface area contributed by atoms with Crippen LogP contribution in [0.3, 0.4) is 0 Å². The van der Waals surface area contributed by atoms with Gasteiger partial charge in [-0.15, -0.1) is 0 Å².